The van der Waals surface area contributed by atoms with Gasteiger partial charge in [0.15, 0.2) is 17.4 Å². The molecule has 1 aromatic carbocycles. The Kier molecular flexibility index (Phi) is 5.09. The summed E-state index contributed by atoms with van der Waals surface area (Å²) in [6, 6.07) is 6.00. The lowest BCUT2D eigenvalue weighted by atomic mass is 9.99. The van der Waals surface area contributed by atoms with Gasteiger partial charge in [-0.3, -0.25) is 9.78 Å². The second-order valence-corrected chi connectivity index (χ2v) is 7.25. The maximum atomic E-state index is 14.7. The molecular formula is C21H15ClF4N4O. The van der Waals surface area contributed by atoms with Crippen LogP contribution in [-0.2, 0) is 6.18 Å². The number of imidazole rings is 1. The van der Waals surface area contributed by atoms with Crippen LogP contribution in [-0.4, -0.2) is 25.7 Å². The zero-order valence-corrected chi connectivity index (χ0v) is 16.6. The van der Waals surface area contributed by atoms with Crippen LogP contribution < -0.4 is 0 Å². The Morgan fingerprint density at radius 1 is 1.16 bits per heavy atom. The van der Waals surface area contributed by atoms with Gasteiger partial charge in [0, 0.05) is 23.2 Å². The van der Waals surface area contributed by atoms with Gasteiger partial charge in [0.2, 0.25) is 0 Å². The van der Waals surface area contributed by atoms with Crippen molar-refractivity contribution in [1.29, 1.82) is 0 Å². The largest absolute Gasteiger partial charge is 0.417 e. The average molecular weight is 451 g/mol. The van der Waals surface area contributed by atoms with Crippen LogP contribution in [0.3, 0.4) is 0 Å². The number of alkyl halides is 3. The summed E-state index contributed by atoms with van der Waals surface area (Å²) in [5.74, 6) is -0.857. The Labute approximate surface area is 179 Å². The molecule has 3 heterocycles. The van der Waals surface area contributed by atoms with Crippen molar-refractivity contribution >= 4 is 29.2 Å². The SMILES string of the molecule is Cl.O=C(c1c[nH]c(-c2nc3c(F)c(C4CC4)ncc3[nH]2)c1)c1ccccc1C(F)(F)F. The van der Waals surface area contributed by atoms with Gasteiger partial charge in [-0.25, -0.2) is 9.37 Å². The van der Waals surface area contributed by atoms with Crippen molar-refractivity contribution in [3.8, 4) is 11.5 Å². The van der Waals surface area contributed by atoms with Crippen molar-refractivity contribution in [1.82, 2.24) is 19.9 Å². The minimum Gasteiger partial charge on any atom is -0.358 e. The van der Waals surface area contributed by atoms with E-state index in [0.717, 1.165) is 25.0 Å². The summed E-state index contributed by atoms with van der Waals surface area (Å²) >= 11 is 0. The lowest BCUT2D eigenvalue weighted by Gasteiger charge is -2.10. The highest BCUT2D eigenvalue weighted by Gasteiger charge is 2.35. The average Bonchev–Trinajstić information content (AvgIpc) is 3.26. The van der Waals surface area contributed by atoms with Crippen LogP contribution >= 0.6 is 12.4 Å². The van der Waals surface area contributed by atoms with Crippen LogP contribution in [0, 0.1) is 5.82 Å². The molecule has 0 amide bonds. The quantitative estimate of drug-likeness (QED) is 0.312. The number of hydrogen-bond acceptors (Lipinski definition) is 3. The van der Waals surface area contributed by atoms with Crippen LogP contribution in [0.1, 0.15) is 45.9 Å². The molecule has 1 saturated carbocycles. The number of carbonyl (C=O) groups excluding carboxylic acids is 1. The van der Waals surface area contributed by atoms with Gasteiger partial charge < -0.3 is 9.97 Å². The summed E-state index contributed by atoms with van der Waals surface area (Å²) in [5.41, 5.74) is -0.104. The minimum atomic E-state index is -4.64. The van der Waals surface area contributed by atoms with E-state index in [0.29, 0.717) is 16.9 Å². The van der Waals surface area contributed by atoms with E-state index in [9.17, 15) is 22.4 Å². The summed E-state index contributed by atoms with van der Waals surface area (Å²) in [5, 5.41) is 0. The van der Waals surface area contributed by atoms with Crippen molar-refractivity contribution in [2.24, 2.45) is 0 Å². The number of nitrogens with one attached hydrogen (secondary N) is 2. The molecule has 3 aromatic heterocycles. The smallest absolute Gasteiger partial charge is 0.358 e. The normalized spacial score (nSPS) is 13.9. The lowest BCUT2D eigenvalue weighted by molar-refractivity contribution is -0.137. The highest BCUT2D eigenvalue weighted by molar-refractivity contribution is 6.10. The number of nitrogens with zero attached hydrogens (tertiary/aromatic N) is 2. The maximum absolute atomic E-state index is 14.7. The third-order valence-electron chi connectivity index (χ3n) is 5.14. The fourth-order valence-corrected chi connectivity index (χ4v) is 3.47. The van der Waals surface area contributed by atoms with Crippen LogP contribution in [0.5, 0.6) is 0 Å². The number of benzene rings is 1. The summed E-state index contributed by atoms with van der Waals surface area (Å²) in [7, 11) is 0. The summed E-state index contributed by atoms with van der Waals surface area (Å²) in [6.07, 6.45) is -0.0320. The summed E-state index contributed by atoms with van der Waals surface area (Å²) in [6.45, 7) is 0. The predicted molar refractivity (Wildman–Crippen MR) is 108 cm³/mol. The van der Waals surface area contributed by atoms with E-state index < -0.39 is 28.9 Å². The van der Waals surface area contributed by atoms with E-state index in [1.165, 1.54) is 30.6 Å². The first-order valence-electron chi connectivity index (χ1n) is 9.26. The Bertz CT molecular complexity index is 1290. The number of rotatable bonds is 4. The molecule has 4 aromatic rings. The van der Waals surface area contributed by atoms with Gasteiger partial charge in [-0.1, -0.05) is 18.2 Å². The first-order chi connectivity index (χ1) is 14.3. The van der Waals surface area contributed by atoms with E-state index in [-0.39, 0.29) is 35.2 Å². The van der Waals surface area contributed by atoms with Gasteiger partial charge in [-0.2, -0.15) is 13.2 Å². The molecule has 10 heteroatoms. The molecule has 0 aliphatic heterocycles. The number of ketones is 1. The number of H-pyrrole nitrogens is 2. The van der Waals surface area contributed by atoms with Crippen molar-refractivity contribution in [3.63, 3.8) is 0 Å². The molecular weight excluding hydrogens is 436 g/mol. The Morgan fingerprint density at radius 2 is 1.90 bits per heavy atom. The minimum absolute atomic E-state index is 0. The predicted octanol–water partition coefficient (Wildman–Crippen LogP) is 5.64. The molecule has 1 aliphatic rings. The van der Waals surface area contributed by atoms with E-state index >= 15 is 0 Å². The number of halogens is 5. The zero-order chi connectivity index (χ0) is 21.0. The summed E-state index contributed by atoms with van der Waals surface area (Å²) < 4.78 is 54.4. The van der Waals surface area contributed by atoms with Crippen molar-refractivity contribution in [2.45, 2.75) is 24.9 Å². The molecule has 1 fully saturated rings. The van der Waals surface area contributed by atoms with Gasteiger partial charge in [0.1, 0.15) is 5.52 Å². The monoisotopic (exact) mass is 450 g/mol. The van der Waals surface area contributed by atoms with Gasteiger partial charge >= 0.3 is 6.18 Å². The number of carbonyl (C=O) groups is 1. The molecule has 0 saturated heterocycles. The van der Waals surface area contributed by atoms with Crippen molar-refractivity contribution in [3.05, 3.63) is 70.9 Å². The molecule has 0 spiro atoms. The van der Waals surface area contributed by atoms with E-state index in [4.69, 9.17) is 0 Å². The fourth-order valence-electron chi connectivity index (χ4n) is 3.47. The van der Waals surface area contributed by atoms with Gasteiger partial charge in [0.25, 0.3) is 0 Å². The summed E-state index contributed by atoms with van der Waals surface area (Å²) in [4.78, 5) is 26.9. The lowest BCUT2D eigenvalue weighted by Crippen LogP contribution is -2.13. The first kappa shape index (κ1) is 21.0. The second kappa shape index (κ2) is 7.49. The topological polar surface area (TPSA) is 74.4 Å². The van der Waals surface area contributed by atoms with Crippen LogP contribution in [0.4, 0.5) is 17.6 Å². The second-order valence-electron chi connectivity index (χ2n) is 7.25. The first-order valence-corrected chi connectivity index (χ1v) is 9.26. The standard InChI is InChI=1S/C21H14F4N4O.ClH/c22-16-17(10-5-6-10)27-9-15-18(16)29-20(28-15)14-7-11(8-26-14)19(30)12-3-1-2-4-13(12)21(23,24)25;/h1-4,7-10,26H,5-6H2,(H,28,29);1H. The number of hydrogen-bond donors (Lipinski definition) is 2. The number of pyridine rings is 1. The zero-order valence-electron chi connectivity index (χ0n) is 15.8. The van der Waals surface area contributed by atoms with E-state index in [1.54, 1.807) is 0 Å². The molecule has 0 atom stereocenters. The molecule has 5 rings (SSSR count). The van der Waals surface area contributed by atoms with Gasteiger partial charge in [-0.15, -0.1) is 12.4 Å². The van der Waals surface area contributed by atoms with Crippen LogP contribution in [0.25, 0.3) is 22.6 Å². The van der Waals surface area contributed by atoms with Crippen LogP contribution in [0.15, 0.2) is 42.7 Å². The van der Waals surface area contributed by atoms with Gasteiger partial charge in [-0.05, 0) is 25.0 Å². The van der Waals surface area contributed by atoms with E-state index in [1.807, 2.05) is 0 Å². The highest BCUT2D eigenvalue weighted by Crippen LogP contribution is 2.41. The molecule has 0 bridgehead atoms. The molecule has 0 unspecified atom stereocenters. The molecule has 5 nitrogen and oxygen atoms in total. The fraction of sp³-hybridized carbons (Fsp3) is 0.190. The third kappa shape index (κ3) is 3.69. The maximum Gasteiger partial charge on any atom is 0.417 e. The molecule has 1 aliphatic carbocycles. The highest BCUT2D eigenvalue weighted by atomic mass is 35.5. The van der Waals surface area contributed by atoms with Gasteiger partial charge in [0.05, 0.1) is 28.7 Å². The molecule has 31 heavy (non-hydrogen) atoms. The number of fused-ring (bicyclic) bond motifs is 1. The molecule has 2 N–H and O–H groups in total. The van der Waals surface area contributed by atoms with Crippen molar-refractivity contribution in [2.75, 3.05) is 0 Å². The Balaban J connectivity index is 0.00000231. The van der Waals surface area contributed by atoms with Crippen LogP contribution in [0.2, 0.25) is 0 Å². The number of aromatic amines is 2. The Morgan fingerprint density at radius 3 is 2.61 bits per heavy atom. The van der Waals surface area contributed by atoms with E-state index in [2.05, 4.69) is 19.9 Å². The number of aromatic nitrogens is 4. The Hall–Kier alpha value is -3.20. The van der Waals surface area contributed by atoms with Crippen molar-refractivity contribution < 1.29 is 22.4 Å². The molecule has 160 valence electrons. The third-order valence-corrected chi connectivity index (χ3v) is 5.14. The molecule has 0 radical (unpaired) electrons.